The van der Waals surface area contributed by atoms with Crippen LogP contribution in [0.5, 0.6) is 0 Å². The minimum absolute atomic E-state index is 0.626. The van der Waals surface area contributed by atoms with E-state index >= 15 is 0 Å². The van der Waals surface area contributed by atoms with Gasteiger partial charge in [-0.3, -0.25) is 4.90 Å². The number of hydrogen-bond acceptors (Lipinski definition) is 2. The Morgan fingerprint density at radius 1 is 0.696 bits per heavy atom. The van der Waals surface area contributed by atoms with E-state index in [0.717, 1.165) is 11.5 Å². The van der Waals surface area contributed by atoms with E-state index in [4.69, 9.17) is 0 Å². The first-order valence-electron chi connectivity index (χ1n) is 10.8. The molecule has 0 aromatic rings. The normalized spacial score (nSPS) is 35.2. The minimum atomic E-state index is 0.626. The van der Waals surface area contributed by atoms with Crippen molar-refractivity contribution in [1.82, 2.24) is 10.2 Å². The minimum Gasteiger partial charge on any atom is -0.316 e. The second-order valence-electron chi connectivity index (χ2n) is 9.35. The maximum absolute atomic E-state index is 3.79. The second-order valence-corrected chi connectivity index (χ2v) is 9.35. The lowest BCUT2D eigenvalue weighted by Crippen LogP contribution is -2.50. The molecular weight excluding hydrogens is 280 g/mol. The molecule has 2 heteroatoms. The van der Waals surface area contributed by atoms with E-state index in [9.17, 15) is 0 Å². The molecule has 1 unspecified atom stereocenters. The number of rotatable bonds is 1. The molecule has 4 aliphatic rings. The first kappa shape index (κ1) is 16.4. The summed E-state index contributed by atoms with van der Waals surface area (Å²) >= 11 is 0. The van der Waals surface area contributed by atoms with Crippen LogP contribution in [0.25, 0.3) is 0 Å². The van der Waals surface area contributed by atoms with Gasteiger partial charge in [-0.2, -0.15) is 0 Å². The van der Waals surface area contributed by atoms with Gasteiger partial charge in [0.2, 0.25) is 0 Å². The fourth-order valence-corrected chi connectivity index (χ4v) is 6.73. The van der Waals surface area contributed by atoms with Crippen molar-refractivity contribution in [3.05, 3.63) is 0 Å². The van der Waals surface area contributed by atoms with E-state index in [1.165, 1.54) is 116 Å². The Balaban J connectivity index is 1.47. The number of hydrogen-bond donors (Lipinski definition) is 1. The molecule has 132 valence electrons. The second kappa shape index (κ2) is 7.04. The van der Waals surface area contributed by atoms with Gasteiger partial charge in [-0.15, -0.1) is 0 Å². The maximum Gasteiger partial charge on any atom is 0.0164 e. The number of nitrogens with one attached hydrogen (secondary N) is 1. The zero-order chi connectivity index (χ0) is 15.6. The smallest absolute Gasteiger partial charge is 0.0164 e. The van der Waals surface area contributed by atoms with E-state index in [1.54, 1.807) is 0 Å². The standard InChI is InChI=1S/C21H38N2/c1-2-9-20(10-3-1)11-7-16-23(17-14-20)19-8-6-15-22-18-21(19)12-4-5-13-21/h19,22H,1-18H2. The van der Waals surface area contributed by atoms with Gasteiger partial charge in [-0.05, 0) is 88.3 Å². The average Bonchev–Trinajstić information content (AvgIpc) is 2.83. The fraction of sp³-hybridized carbons (Fsp3) is 1.00. The van der Waals surface area contributed by atoms with Crippen LogP contribution in [-0.2, 0) is 0 Å². The third-order valence-electron chi connectivity index (χ3n) is 8.05. The van der Waals surface area contributed by atoms with Crippen LogP contribution >= 0.6 is 0 Å². The van der Waals surface area contributed by atoms with Crippen LogP contribution in [0.2, 0.25) is 0 Å². The van der Waals surface area contributed by atoms with Crippen molar-refractivity contribution in [3.63, 3.8) is 0 Å². The summed E-state index contributed by atoms with van der Waals surface area (Å²) in [5.41, 5.74) is 1.37. The maximum atomic E-state index is 3.79. The Hall–Kier alpha value is -0.0800. The van der Waals surface area contributed by atoms with E-state index in [0.29, 0.717) is 5.41 Å². The highest BCUT2D eigenvalue weighted by molar-refractivity contribution is 5.00. The summed E-state index contributed by atoms with van der Waals surface area (Å²) in [5, 5.41) is 3.79. The molecule has 2 saturated heterocycles. The molecule has 2 saturated carbocycles. The van der Waals surface area contributed by atoms with E-state index in [2.05, 4.69) is 10.2 Å². The summed E-state index contributed by atoms with van der Waals surface area (Å²) in [4.78, 5) is 2.99. The van der Waals surface area contributed by atoms with Crippen molar-refractivity contribution in [2.75, 3.05) is 26.2 Å². The Labute approximate surface area is 143 Å². The Morgan fingerprint density at radius 2 is 1.43 bits per heavy atom. The monoisotopic (exact) mass is 318 g/mol. The SMILES string of the molecule is C1CCC2(CC1)CCCN(C1CCCNCC13CCCC3)CC2. The highest BCUT2D eigenvalue weighted by atomic mass is 15.2. The van der Waals surface area contributed by atoms with Gasteiger partial charge >= 0.3 is 0 Å². The molecule has 2 spiro atoms. The molecule has 1 atom stereocenters. The molecule has 0 radical (unpaired) electrons. The van der Waals surface area contributed by atoms with Gasteiger partial charge in [0.1, 0.15) is 0 Å². The lowest BCUT2D eigenvalue weighted by molar-refractivity contribution is 0.0631. The summed E-state index contributed by atoms with van der Waals surface area (Å²) in [5.74, 6) is 0. The van der Waals surface area contributed by atoms with Gasteiger partial charge < -0.3 is 5.32 Å². The first-order valence-corrected chi connectivity index (χ1v) is 10.8. The molecular formula is C21H38N2. The van der Waals surface area contributed by atoms with Gasteiger partial charge in [0, 0.05) is 12.6 Å². The van der Waals surface area contributed by atoms with Crippen molar-refractivity contribution in [1.29, 1.82) is 0 Å². The van der Waals surface area contributed by atoms with Gasteiger partial charge in [0.25, 0.3) is 0 Å². The van der Waals surface area contributed by atoms with Crippen molar-refractivity contribution in [2.24, 2.45) is 10.8 Å². The van der Waals surface area contributed by atoms with Crippen molar-refractivity contribution < 1.29 is 0 Å². The van der Waals surface area contributed by atoms with Crippen LogP contribution in [0.3, 0.4) is 0 Å². The van der Waals surface area contributed by atoms with Crippen LogP contribution in [0, 0.1) is 10.8 Å². The third-order valence-corrected chi connectivity index (χ3v) is 8.05. The molecule has 1 N–H and O–H groups in total. The highest BCUT2D eigenvalue weighted by Gasteiger charge is 2.45. The van der Waals surface area contributed by atoms with E-state index in [-0.39, 0.29) is 0 Å². The van der Waals surface area contributed by atoms with E-state index < -0.39 is 0 Å². The Morgan fingerprint density at radius 3 is 2.26 bits per heavy atom. The van der Waals surface area contributed by atoms with Crippen LogP contribution in [0.1, 0.15) is 89.9 Å². The topological polar surface area (TPSA) is 15.3 Å². The predicted octanol–water partition coefficient (Wildman–Crippen LogP) is 4.74. The van der Waals surface area contributed by atoms with Gasteiger partial charge in [-0.1, -0.05) is 32.1 Å². The summed E-state index contributed by atoms with van der Waals surface area (Å²) in [6, 6.07) is 0.888. The summed E-state index contributed by atoms with van der Waals surface area (Å²) in [6.07, 6.45) is 20.9. The molecule has 0 aromatic carbocycles. The molecule has 2 aliphatic carbocycles. The molecule has 0 aromatic heterocycles. The van der Waals surface area contributed by atoms with Gasteiger partial charge in [0.15, 0.2) is 0 Å². The predicted molar refractivity (Wildman–Crippen MR) is 97.7 cm³/mol. The van der Waals surface area contributed by atoms with Crippen LogP contribution < -0.4 is 5.32 Å². The van der Waals surface area contributed by atoms with Crippen molar-refractivity contribution in [2.45, 2.75) is 95.9 Å². The Kier molecular flexibility index (Phi) is 5.02. The van der Waals surface area contributed by atoms with Crippen molar-refractivity contribution >= 4 is 0 Å². The Bertz CT molecular complexity index is 379. The number of likely N-dealkylation sites (tertiary alicyclic amines) is 1. The van der Waals surface area contributed by atoms with Crippen molar-refractivity contribution in [3.8, 4) is 0 Å². The fourth-order valence-electron chi connectivity index (χ4n) is 6.73. The zero-order valence-corrected chi connectivity index (χ0v) is 15.3. The largest absolute Gasteiger partial charge is 0.316 e. The first-order chi connectivity index (χ1) is 11.3. The lowest BCUT2D eigenvalue weighted by Gasteiger charge is -2.44. The van der Waals surface area contributed by atoms with E-state index in [1.807, 2.05) is 0 Å². The van der Waals surface area contributed by atoms with Crippen LogP contribution in [0.4, 0.5) is 0 Å². The molecule has 4 fully saturated rings. The summed E-state index contributed by atoms with van der Waals surface area (Å²) in [6.45, 7) is 5.37. The number of nitrogens with zero attached hydrogens (tertiary/aromatic N) is 1. The van der Waals surface area contributed by atoms with Gasteiger partial charge in [0.05, 0.1) is 0 Å². The zero-order valence-electron chi connectivity index (χ0n) is 15.3. The van der Waals surface area contributed by atoms with Crippen LogP contribution in [-0.4, -0.2) is 37.1 Å². The third kappa shape index (κ3) is 3.35. The highest BCUT2D eigenvalue weighted by Crippen LogP contribution is 2.48. The van der Waals surface area contributed by atoms with Crippen LogP contribution in [0.15, 0.2) is 0 Å². The summed E-state index contributed by atoms with van der Waals surface area (Å²) in [7, 11) is 0. The molecule has 23 heavy (non-hydrogen) atoms. The average molecular weight is 319 g/mol. The molecule has 4 rings (SSSR count). The molecule has 2 heterocycles. The molecule has 0 bridgehead atoms. The molecule has 2 aliphatic heterocycles. The molecule has 0 amide bonds. The lowest BCUT2D eigenvalue weighted by atomic mass is 9.69. The summed E-state index contributed by atoms with van der Waals surface area (Å²) < 4.78 is 0. The quantitative estimate of drug-likeness (QED) is 0.751. The van der Waals surface area contributed by atoms with Gasteiger partial charge in [-0.25, -0.2) is 0 Å². The molecule has 2 nitrogen and oxygen atoms in total.